The van der Waals surface area contributed by atoms with E-state index >= 15 is 0 Å². The van der Waals surface area contributed by atoms with Crippen molar-refractivity contribution in [3.05, 3.63) is 41.8 Å². The van der Waals surface area contributed by atoms with Gasteiger partial charge in [-0.1, -0.05) is 12.8 Å². The standard InChI is InChI=1S/C23H20F6N4O3S/c1-12(23(27,28)29)32-37(34,35)14-6-7-18(31-11-14)21-16(10-30)15-8-17(24)20(36-22(25)26)9-19(15)33(21)13-4-2-3-5-13/h6-9,11-13,22,32H,2-5H2,1H3. The molecule has 14 heteroatoms. The van der Waals surface area contributed by atoms with Crippen LogP contribution in [-0.4, -0.2) is 36.8 Å². The zero-order valence-corrected chi connectivity index (χ0v) is 20.0. The fourth-order valence-corrected chi connectivity index (χ4v) is 5.62. The summed E-state index contributed by atoms with van der Waals surface area (Å²) in [6.07, 6.45) is -0.898. The Morgan fingerprint density at radius 1 is 1.22 bits per heavy atom. The number of fused-ring (bicyclic) bond motifs is 1. The van der Waals surface area contributed by atoms with Gasteiger partial charge in [0.25, 0.3) is 0 Å². The van der Waals surface area contributed by atoms with Gasteiger partial charge >= 0.3 is 12.8 Å². The highest BCUT2D eigenvalue weighted by Gasteiger charge is 2.39. The molecule has 0 amide bonds. The predicted molar refractivity (Wildman–Crippen MR) is 120 cm³/mol. The van der Waals surface area contributed by atoms with E-state index in [0.29, 0.717) is 19.8 Å². The lowest BCUT2D eigenvalue weighted by Crippen LogP contribution is -2.42. The van der Waals surface area contributed by atoms with E-state index in [1.165, 1.54) is 10.8 Å². The zero-order chi connectivity index (χ0) is 27.1. The summed E-state index contributed by atoms with van der Waals surface area (Å²) in [5.74, 6) is -1.80. The highest BCUT2D eigenvalue weighted by molar-refractivity contribution is 7.89. The summed E-state index contributed by atoms with van der Waals surface area (Å²) >= 11 is 0. The number of alkyl halides is 5. The van der Waals surface area contributed by atoms with Crippen LogP contribution in [0.3, 0.4) is 0 Å². The molecular weight excluding hydrogens is 526 g/mol. The second-order valence-corrected chi connectivity index (χ2v) is 10.3. The van der Waals surface area contributed by atoms with Crippen LogP contribution in [0, 0.1) is 17.1 Å². The van der Waals surface area contributed by atoms with Crippen LogP contribution in [0.1, 0.15) is 44.2 Å². The maximum atomic E-state index is 14.5. The van der Waals surface area contributed by atoms with E-state index in [4.69, 9.17) is 0 Å². The third kappa shape index (κ3) is 5.24. The largest absolute Gasteiger partial charge is 0.432 e. The molecule has 2 heterocycles. The molecule has 0 radical (unpaired) electrons. The van der Waals surface area contributed by atoms with E-state index in [1.807, 2.05) is 6.07 Å². The molecule has 37 heavy (non-hydrogen) atoms. The van der Waals surface area contributed by atoms with Crippen molar-refractivity contribution in [2.24, 2.45) is 0 Å². The molecule has 1 aliphatic carbocycles. The lowest BCUT2D eigenvalue weighted by atomic mass is 10.1. The summed E-state index contributed by atoms with van der Waals surface area (Å²) < 4.78 is 111. The molecule has 7 nitrogen and oxygen atoms in total. The van der Waals surface area contributed by atoms with Crippen LogP contribution in [0.5, 0.6) is 5.75 Å². The average Bonchev–Trinajstić information content (AvgIpc) is 3.44. The van der Waals surface area contributed by atoms with E-state index in [0.717, 1.165) is 37.2 Å². The second-order valence-electron chi connectivity index (χ2n) is 8.59. The van der Waals surface area contributed by atoms with Gasteiger partial charge in [0, 0.05) is 23.7 Å². The van der Waals surface area contributed by atoms with Crippen molar-refractivity contribution >= 4 is 20.9 Å². The summed E-state index contributed by atoms with van der Waals surface area (Å²) in [6, 6.07) is 3.72. The first-order valence-corrected chi connectivity index (χ1v) is 12.6. The molecule has 198 valence electrons. The van der Waals surface area contributed by atoms with E-state index in [1.54, 1.807) is 4.57 Å². The number of hydrogen-bond donors (Lipinski definition) is 1. The summed E-state index contributed by atoms with van der Waals surface area (Å²) in [5.41, 5.74) is 0.545. The third-order valence-corrected chi connectivity index (χ3v) is 7.71. The highest BCUT2D eigenvalue weighted by Crippen LogP contribution is 2.42. The molecule has 1 unspecified atom stereocenters. The Bertz CT molecular complexity index is 1460. The minimum Gasteiger partial charge on any atom is -0.432 e. The smallest absolute Gasteiger partial charge is 0.404 e. The molecular formula is C23H20F6N4O3S. The van der Waals surface area contributed by atoms with Crippen molar-refractivity contribution in [1.29, 1.82) is 5.26 Å². The normalized spacial score (nSPS) is 15.9. The Morgan fingerprint density at radius 2 is 1.89 bits per heavy atom. The zero-order valence-electron chi connectivity index (χ0n) is 19.2. The lowest BCUT2D eigenvalue weighted by molar-refractivity contribution is -0.147. The fourth-order valence-electron chi connectivity index (χ4n) is 4.45. The van der Waals surface area contributed by atoms with Crippen LogP contribution in [0.4, 0.5) is 26.3 Å². The number of halogens is 6. The number of nitrogens with one attached hydrogen (secondary N) is 1. The number of nitriles is 1. The Balaban J connectivity index is 1.86. The average molecular weight is 546 g/mol. The molecule has 1 N–H and O–H groups in total. The van der Waals surface area contributed by atoms with Crippen LogP contribution in [0.25, 0.3) is 22.3 Å². The Kier molecular flexibility index (Phi) is 7.13. The number of sulfonamides is 1. The number of pyridine rings is 1. The second kappa shape index (κ2) is 9.86. The molecule has 3 aromatic rings. The summed E-state index contributed by atoms with van der Waals surface area (Å²) in [5, 5.41) is 10.0. The van der Waals surface area contributed by atoms with Gasteiger partial charge in [0.15, 0.2) is 11.6 Å². The molecule has 0 aliphatic heterocycles. The number of rotatable bonds is 7. The van der Waals surface area contributed by atoms with Gasteiger partial charge in [-0.3, -0.25) is 4.98 Å². The first kappa shape index (κ1) is 26.7. The number of aromatic nitrogens is 2. The van der Waals surface area contributed by atoms with Gasteiger partial charge in [-0.2, -0.15) is 31.9 Å². The Hall–Kier alpha value is -3.31. The number of nitrogens with zero attached hydrogens (tertiary/aromatic N) is 3. The number of hydrogen-bond acceptors (Lipinski definition) is 5. The first-order chi connectivity index (χ1) is 17.3. The lowest BCUT2D eigenvalue weighted by Gasteiger charge is -2.19. The van der Waals surface area contributed by atoms with Gasteiger partial charge in [-0.25, -0.2) is 12.8 Å². The van der Waals surface area contributed by atoms with Crippen LogP contribution >= 0.6 is 0 Å². The number of ether oxygens (including phenoxy) is 1. The Morgan fingerprint density at radius 3 is 2.43 bits per heavy atom. The highest BCUT2D eigenvalue weighted by atomic mass is 32.2. The van der Waals surface area contributed by atoms with Gasteiger partial charge in [-0.05, 0) is 38.0 Å². The molecule has 4 rings (SSSR count). The van der Waals surface area contributed by atoms with Gasteiger partial charge in [0.2, 0.25) is 10.0 Å². The quantitative estimate of drug-likeness (QED) is 0.386. The molecule has 0 bridgehead atoms. The van der Waals surface area contributed by atoms with Crippen molar-refractivity contribution in [2.75, 3.05) is 0 Å². The van der Waals surface area contributed by atoms with E-state index in [2.05, 4.69) is 9.72 Å². The van der Waals surface area contributed by atoms with Crippen molar-refractivity contribution in [3.8, 4) is 23.2 Å². The molecule has 1 aliphatic rings. The Labute approximate surface area is 207 Å². The van der Waals surface area contributed by atoms with Crippen molar-refractivity contribution in [3.63, 3.8) is 0 Å². The molecule has 2 aromatic heterocycles. The maximum Gasteiger partial charge on any atom is 0.404 e. The van der Waals surface area contributed by atoms with E-state index in [-0.39, 0.29) is 33.9 Å². The minimum absolute atomic E-state index is 0.0173. The van der Waals surface area contributed by atoms with E-state index < -0.39 is 45.3 Å². The maximum absolute atomic E-state index is 14.5. The summed E-state index contributed by atoms with van der Waals surface area (Å²) in [4.78, 5) is 3.56. The molecule has 0 spiro atoms. The van der Waals surface area contributed by atoms with Crippen LogP contribution in [0.15, 0.2) is 35.4 Å². The van der Waals surface area contributed by atoms with Crippen molar-refractivity contribution in [1.82, 2.24) is 14.3 Å². The SMILES string of the molecule is CC(NS(=O)(=O)c1ccc(-c2c(C#N)c3cc(F)c(OC(F)F)cc3n2C2CCCC2)nc1)C(F)(F)F. The van der Waals surface area contributed by atoms with Crippen LogP contribution in [0.2, 0.25) is 0 Å². The fraction of sp³-hybridized carbons (Fsp3) is 0.391. The van der Waals surface area contributed by atoms with Gasteiger partial charge < -0.3 is 9.30 Å². The van der Waals surface area contributed by atoms with Crippen molar-refractivity contribution in [2.45, 2.75) is 62.4 Å². The van der Waals surface area contributed by atoms with Gasteiger partial charge in [0.1, 0.15) is 17.0 Å². The van der Waals surface area contributed by atoms with Crippen molar-refractivity contribution < 1.29 is 39.5 Å². The van der Waals surface area contributed by atoms with E-state index in [9.17, 15) is 40.0 Å². The third-order valence-electron chi connectivity index (χ3n) is 6.19. The van der Waals surface area contributed by atoms with Crippen LogP contribution < -0.4 is 9.46 Å². The molecule has 1 fully saturated rings. The number of benzene rings is 1. The first-order valence-electron chi connectivity index (χ1n) is 11.1. The van der Waals surface area contributed by atoms with Gasteiger partial charge in [0.05, 0.1) is 22.5 Å². The molecule has 1 saturated carbocycles. The summed E-state index contributed by atoms with van der Waals surface area (Å²) in [7, 11) is -4.57. The van der Waals surface area contributed by atoms with Crippen LogP contribution in [-0.2, 0) is 10.0 Å². The molecule has 1 atom stereocenters. The predicted octanol–water partition coefficient (Wildman–Crippen LogP) is 5.66. The minimum atomic E-state index is -4.80. The van der Waals surface area contributed by atoms with Gasteiger partial charge in [-0.15, -0.1) is 0 Å². The molecule has 1 aromatic carbocycles. The summed E-state index contributed by atoms with van der Waals surface area (Å²) in [6.45, 7) is -2.62. The monoisotopic (exact) mass is 546 g/mol. The topological polar surface area (TPSA) is 97.0 Å². The molecule has 0 saturated heterocycles.